The molecule has 0 saturated carbocycles. The van der Waals surface area contributed by atoms with Crippen LogP contribution in [0.1, 0.15) is 19.8 Å². The second kappa shape index (κ2) is 5.74. The van der Waals surface area contributed by atoms with Gasteiger partial charge in [0.1, 0.15) is 0 Å². The van der Waals surface area contributed by atoms with Gasteiger partial charge >= 0.3 is 0 Å². The number of nitrogens with two attached hydrogens (primary N) is 1. The molecule has 0 aromatic rings. The van der Waals surface area contributed by atoms with E-state index in [0.29, 0.717) is 25.9 Å². The van der Waals surface area contributed by atoms with Crippen LogP contribution in [0.25, 0.3) is 0 Å². The van der Waals surface area contributed by atoms with Crippen molar-refractivity contribution in [2.24, 2.45) is 11.1 Å². The van der Waals surface area contributed by atoms with E-state index in [4.69, 9.17) is 5.14 Å². The molecular formula is C11H22N4O3S. The summed E-state index contributed by atoms with van der Waals surface area (Å²) in [4.78, 5) is 14.3. The second-order valence-corrected chi connectivity index (χ2v) is 6.85. The van der Waals surface area contributed by atoms with Crippen molar-refractivity contribution in [3.63, 3.8) is 0 Å². The summed E-state index contributed by atoms with van der Waals surface area (Å²) < 4.78 is 23.7. The van der Waals surface area contributed by atoms with Crippen LogP contribution in [-0.2, 0) is 15.0 Å². The zero-order valence-electron chi connectivity index (χ0n) is 11.2. The Bertz CT molecular complexity index is 431. The molecule has 0 spiro atoms. The third-order valence-corrected chi connectivity index (χ3v) is 5.03. The number of nitrogens with zero attached hydrogens (tertiary/aromatic N) is 2. The highest BCUT2D eigenvalue weighted by Crippen LogP contribution is 2.22. The molecule has 2 aliphatic rings. The fourth-order valence-corrected chi connectivity index (χ4v) is 3.48. The van der Waals surface area contributed by atoms with Crippen LogP contribution in [0, 0.1) is 5.92 Å². The molecule has 0 radical (unpaired) electrons. The topological polar surface area (TPSA) is 95.7 Å². The lowest BCUT2D eigenvalue weighted by Gasteiger charge is -2.38. The van der Waals surface area contributed by atoms with Crippen molar-refractivity contribution in [3.05, 3.63) is 0 Å². The molecule has 2 aliphatic heterocycles. The molecule has 2 fully saturated rings. The summed E-state index contributed by atoms with van der Waals surface area (Å²) in [6, 6.07) is 0.206. The second-order valence-electron chi connectivity index (χ2n) is 5.30. The molecule has 2 rings (SSSR count). The minimum Gasteiger partial charge on any atom is -0.337 e. The average molecular weight is 290 g/mol. The molecule has 1 amide bonds. The highest BCUT2D eigenvalue weighted by atomic mass is 32.2. The summed E-state index contributed by atoms with van der Waals surface area (Å²) >= 11 is 0. The molecule has 2 heterocycles. The zero-order chi connectivity index (χ0) is 14.0. The standard InChI is InChI=1S/C11H22N4O3S/c1-9-8-13-4-7-15(9)11(16)10-2-5-14(6-3-10)19(12,17)18/h9-10,13H,2-8H2,1H3,(H2,12,17,18)/t9-/m0/s1. The smallest absolute Gasteiger partial charge is 0.276 e. The number of carbonyl (C=O) groups is 1. The molecule has 2 saturated heterocycles. The Morgan fingerprint density at radius 2 is 1.89 bits per heavy atom. The number of piperazine rings is 1. The minimum atomic E-state index is -3.61. The van der Waals surface area contributed by atoms with E-state index < -0.39 is 10.2 Å². The number of rotatable bonds is 2. The van der Waals surface area contributed by atoms with Gasteiger partial charge in [0.15, 0.2) is 0 Å². The van der Waals surface area contributed by atoms with Crippen molar-refractivity contribution < 1.29 is 13.2 Å². The van der Waals surface area contributed by atoms with Crippen LogP contribution in [0.2, 0.25) is 0 Å². The number of carbonyl (C=O) groups excluding carboxylic acids is 1. The van der Waals surface area contributed by atoms with Crippen LogP contribution in [0.5, 0.6) is 0 Å². The van der Waals surface area contributed by atoms with Gasteiger partial charge in [0.05, 0.1) is 0 Å². The van der Waals surface area contributed by atoms with Crippen LogP contribution < -0.4 is 10.5 Å². The zero-order valence-corrected chi connectivity index (χ0v) is 12.0. The molecule has 0 unspecified atom stereocenters. The molecular weight excluding hydrogens is 268 g/mol. The Hall–Kier alpha value is -0.700. The van der Waals surface area contributed by atoms with Crippen LogP contribution in [0.3, 0.4) is 0 Å². The maximum absolute atomic E-state index is 12.4. The highest BCUT2D eigenvalue weighted by molar-refractivity contribution is 7.86. The van der Waals surface area contributed by atoms with E-state index in [1.165, 1.54) is 4.31 Å². The van der Waals surface area contributed by atoms with Gasteiger partial charge in [-0.3, -0.25) is 4.79 Å². The van der Waals surface area contributed by atoms with Gasteiger partial charge in [-0.15, -0.1) is 0 Å². The van der Waals surface area contributed by atoms with E-state index in [2.05, 4.69) is 5.32 Å². The first-order chi connectivity index (χ1) is 8.89. The monoisotopic (exact) mass is 290 g/mol. The van der Waals surface area contributed by atoms with Gasteiger partial charge in [-0.1, -0.05) is 0 Å². The van der Waals surface area contributed by atoms with Crippen LogP contribution in [0.4, 0.5) is 0 Å². The number of amides is 1. The Balaban J connectivity index is 1.92. The summed E-state index contributed by atoms with van der Waals surface area (Å²) in [7, 11) is -3.61. The van der Waals surface area contributed by atoms with Crippen molar-refractivity contribution in [2.75, 3.05) is 32.7 Å². The third-order valence-electron chi connectivity index (χ3n) is 3.95. The first-order valence-electron chi connectivity index (χ1n) is 6.68. The first kappa shape index (κ1) is 14.7. The molecule has 19 heavy (non-hydrogen) atoms. The summed E-state index contributed by atoms with van der Waals surface area (Å²) in [5.74, 6) is 0.0848. The lowest BCUT2D eigenvalue weighted by Crippen LogP contribution is -2.55. The largest absolute Gasteiger partial charge is 0.337 e. The summed E-state index contributed by atoms with van der Waals surface area (Å²) in [5, 5.41) is 8.34. The van der Waals surface area contributed by atoms with Crippen LogP contribution in [-0.4, -0.2) is 62.3 Å². The molecule has 0 aromatic heterocycles. The SMILES string of the molecule is C[C@H]1CNCCN1C(=O)C1CCN(S(N)(=O)=O)CC1. The highest BCUT2D eigenvalue weighted by Gasteiger charge is 2.33. The van der Waals surface area contributed by atoms with Gasteiger partial charge in [0, 0.05) is 44.7 Å². The summed E-state index contributed by atoms with van der Waals surface area (Å²) in [6.07, 6.45) is 1.12. The minimum absolute atomic E-state index is 0.0708. The van der Waals surface area contributed by atoms with Crippen molar-refractivity contribution in [3.8, 4) is 0 Å². The molecule has 1 atom stereocenters. The van der Waals surface area contributed by atoms with Crippen molar-refractivity contribution >= 4 is 16.1 Å². The molecule has 3 N–H and O–H groups in total. The van der Waals surface area contributed by atoms with E-state index in [1.807, 2.05) is 11.8 Å². The van der Waals surface area contributed by atoms with E-state index >= 15 is 0 Å². The van der Waals surface area contributed by atoms with E-state index in [0.717, 1.165) is 19.6 Å². The quantitative estimate of drug-likeness (QED) is 0.662. The molecule has 0 bridgehead atoms. The molecule has 7 nitrogen and oxygen atoms in total. The van der Waals surface area contributed by atoms with Gasteiger partial charge in [-0.05, 0) is 19.8 Å². The Labute approximate surface area is 114 Å². The number of nitrogens with one attached hydrogen (secondary N) is 1. The Morgan fingerprint density at radius 3 is 2.42 bits per heavy atom. The Morgan fingerprint density at radius 1 is 1.26 bits per heavy atom. The fourth-order valence-electron chi connectivity index (χ4n) is 2.76. The molecule has 0 aliphatic carbocycles. The van der Waals surface area contributed by atoms with E-state index in [9.17, 15) is 13.2 Å². The molecule has 110 valence electrons. The number of piperidine rings is 1. The van der Waals surface area contributed by atoms with Crippen molar-refractivity contribution in [1.29, 1.82) is 0 Å². The van der Waals surface area contributed by atoms with Crippen molar-refractivity contribution in [2.45, 2.75) is 25.8 Å². The van der Waals surface area contributed by atoms with Gasteiger partial charge in [-0.25, -0.2) is 5.14 Å². The van der Waals surface area contributed by atoms with Crippen LogP contribution >= 0.6 is 0 Å². The molecule has 0 aromatic carbocycles. The van der Waals surface area contributed by atoms with E-state index in [-0.39, 0.29) is 17.9 Å². The average Bonchev–Trinajstić information content (AvgIpc) is 2.38. The van der Waals surface area contributed by atoms with Crippen LogP contribution in [0.15, 0.2) is 0 Å². The maximum atomic E-state index is 12.4. The normalized spacial score (nSPS) is 27.5. The summed E-state index contributed by atoms with van der Waals surface area (Å²) in [6.45, 7) is 5.10. The predicted molar refractivity (Wildman–Crippen MR) is 71.4 cm³/mol. The Kier molecular flexibility index (Phi) is 4.44. The predicted octanol–water partition coefficient (Wildman–Crippen LogP) is -1.28. The number of hydrogen-bond acceptors (Lipinski definition) is 4. The fraction of sp³-hybridized carbons (Fsp3) is 0.909. The van der Waals surface area contributed by atoms with Gasteiger partial charge in [-0.2, -0.15) is 12.7 Å². The third kappa shape index (κ3) is 3.44. The van der Waals surface area contributed by atoms with Gasteiger partial charge in [0.25, 0.3) is 10.2 Å². The number of hydrogen-bond donors (Lipinski definition) is 2. The lowest BCUT2D eigenvalue weighted by atomic mass is 9.95. The lowest BCUT2D eigenvalue weighted by molar-refractivity contribution is -0.139. The van der Waals surface area contributed by atoms with Gasteiger partial charge < -0.3 is 10.2 Å². The van der Waals surface area contributed by atoms with Crippen molar-refractivity contribution in [1.82, 2.24) is 14.5 Å². The molecule has 8 heteroatoms. The van der Waals surface area contributed by atoms with Gasteiger partial charge in [0.2, 0.25) is 5.91 Å². The first-order valence-corrected chi connectivity index (χ1v) is 8.19. The summed E-state index contributed by atoms with van der Waals surface area (Å²) in [5.41, 5.74) is 0. The maximum Gasteiger partial charge on any atom is 0.276 e. The van der Waals surface area contributed by atoms with E-state index in [1.54, 1.807) is 0 Å².